The molecule has 4 N–H and O–H groups in total. The number of fused-ring (bicyclic) bond motifs is 1. The van der Waals surface area contributed by atoms with Crippen molar-refractivity contribution in [2.24, 2.45) is 21.2 Å². The summed E-state index contributed by atoms with van der Waals surface area (Å²) in [5.74, 6) is 7.50. The minimum Gasteiger partial charge on any atom is -0.337 e. The van der Waals surface area contributed by atoms with Crippen molar-refractivity contribution in [2.45, 2.75) is 50.6 Å². The molecule has 1 aromatic rings. The topological polar surface area (TPSA) is 104 Å². The van der Waals surface area contributed by atoms with E-state index >= 15 is 0 Å². The molecule has 26 heavy (non-hydrogen) atoms. The van der Waals surface area contributed by atoms with Crippen LogP contribution in [0.3, 0.4) is 0 Å². The van der Waals surface area contributed by atoms with Crippen LogP contribution in [0.4, 0.5) is 11.8 Å². The van der Waals surface area contributed by atoms with E-state index in [0.29, 0.717) is 29.2 Å². The molecular weight excluding hydrogens is 328 g/mol. The standard InChI is InChI=1S/C18H28N8/c1-20-11-18-8-14(9-18)26(12-18)17-21-7-6-15(24-17)23-16(25-19)10-22-13-4-2-3-5-13/h6-7,10,13-14,20H,2-5,8-9,11-12,19H2,1H3,(H,21,23,24,25). The number of nitrogens with two attached hydrogens (primary N) is 1. The first kappa shape index (κ1) is 17.4. The van der Waals surface area contributed by atoms with Crippen molar-refractivity contribution in [1.29, 1.82) is 0 Å². The molecule has 3 heterocycles. The van der Waals surface area contributed by atoms with E-state index in [1.807, 2.05) is 7.05 Å². The smallest absolute Gasteiger partial charge is 0.227 e. The highest BCUT2D eigenvalue weighted by Crippen LogP contribution is 2.52. The van der Waals surface area contributed by atoms with Crippen molar-refractivity contribution in [3.05, 3.63) is 12.3 Å². The van der Waals surface area contributed by atoms with Gasteiger partial charge in [-0.1, -0.05) is 12.8 Å². The Morgan fingerprint density at radius 3 is 2.96 bits per heavy atom. The van der Waals surface area contributed by atoms with Crippen molar-refractivity contribution in [3.63, 3.8) is 0 Å². The van der Waals surface area contributed by atoms with Crippen LogP contribution in [-0.2, 0) is 0 Å². The second kappa shape index (κ2) is 7.28. The van der Waals surface area contributed by atoms with Crippen molar-refractivity contribution in [1.82, 2.24) is 20.7 Å². The van der Waals surface area contributed by atoms with Gasteiger partial charge in [0.1, 0.15) is 0 Å². The predicted molar refractivity (Wildman–Crippen MR) is 104 cm³/mol. The highest BCUT2D eigenvalue weighted by molar-refractivity contribution is 6.29. The van der Waals surface area contributed by atoms with E-state index < -0.39 is 0 Å². The molecule has 2 saturated carbocycles. The number of nitrogens with one attached hydrogen (secondary N) is 2. The van der Waals surface area contributed by atoms with Crippen LogP contribution in [0.1, 0.15) is 38.5 Å². The molecule has 0 amide bonds. The second-order valence-corrected chi connectivity index (χ2v) is 7.79. The van der Waals surface area contributed by atoms with Crippen LogP contribution < -0.4 is 21.5 Å². The molecule has 1 aromatic heterocycles. The fraction of sp³-hybridized carbons (Fsp3) is 0.667. The maximum atomic E-state index is 5.61. The van der Waals surface area contributed by atoms with Crippen LogP contribution in [-0.4, -0.2) is 54.2 Å². The Kier molecular flexibility index (Phi) is 4.86. The fourth-order valence-corrected chi connectivity index (χ4v) is 4.58. The summed E-state index contributed by atoms with van der Waals surface area (Å²) in [6.07, 6.45) is 10.7. The zero-order chi connectivity index (χ0) is 18.0. The van der Waals surface area contributed by atoms with Crippen LogP contribution in [0.25, 0.3) is 0 Å². The molecule has 4 aliphatic rings. The Balaban J connectivity index is 1.47. The summed E-state index contributed by atoms with van der Waals surface area (Å²) >= 11 is 0. The molecule has 8 nitrogen and oxygen atoms in total. The Labute approximate surface area is 154 Å². The lowest BCUT2D eigenvalue weighted by molar-refractivity contribution is 0.196. The molecule has 140 valence electrons. The minimum absolute atomic E-state index is 0.389. The maximum absolute atomic E-state index is 5.61. The number of hydrogen-bond acceptors (Lipinski definition) is 7. The summed E-state index contributed by atoms with van der Waals surface area (Å²) in [5.41, 5.74) is 3.01. The van der Waals surface area contributed by atoms with Gasteiger partial charge in [0.05, 0.1) is 12.3 Å². The van der Waals surface area contributed by atoms with Gasteiger partial charge in [-0.25, -0.2) is 15.8 Å². The molecule has 2 saturated heterocycles. The summed E-state index contributed by atoms with van der Waals surface area (Å²) in [5, 5.41) is 3.32. The van der Waals surface area contributed by atoms with E-state index in [-0.39, 0.29) is 0 Å². The molecule has 0 radical (unpaired) electrons. The molecule has 0 aromatic carbocycles. The van der Waals surface area contributed by atoms with Crippen molar-refractivity contribution in [3.8, 4) is 0 Å². The van der Waals surface area contributed by atoms with E-state index in [1.165, 1.54) is 25.7 Å². The van der Waals surface area contributed by atoms with Gasteiger partial charge in [-0.05, 0) is 32.7 Å². The van der Waals surface area contributed by atoms with Crippen LogP contribution in [0.2, 0.25) is 0 Å². The lowest BCUT2D eigenvalue weighted by atomic mass is 9.70. The number of hydrazine groups is 1. The molecular formula is C18H28N8. The lowest BCUT2D eigenvalue weighted by Gasteiger charge is -2.36. The zero-order valence-electron chi connectivity index (χ0n) is 15.4. The molecule has 8 heteroatoms. The maximum Gasteiger partial charge on any atom is 0.227 e. The molecule has 2 bridgehead atoms. The SMILES string of the molecule is CNCC12CC(C1)N(c1nccc(N=C(C=NC3CCCC3)NN)n1)C2. The normalized spacial score (nSPS) is 28.8. The van der Waals surface area contributed by atoms with Gasteiger partial charge < -0.3 is 15.6 Å². The summed E-state index contributed by atoms with van der Waals surface area (Å²) in [6.45, 7) is 2.06. The fourth-order valence-electron chi connectivity index (χ4n) is 4.58. The summed E-state index contributed by atoms with van der Waals surface area (Å²) in [7, 11) is 2.02. The number of rotatable bonds is 6. The minimum atomic E-state index is 0.389. The number of amidine groups is 1. The second-order valence-electron chi connectivity index (χ2n) is 7.79. The number of nitrogens with zero attached hydrogens (tertiary/aromatic N) is 5. The van der Waals surface area contributed by atoms with E-state index in [9.17, 15) is 0 Å². The van der Waals surface area contributed by atoms with Crippen LogP contribution in [0.15, 0.2) is 22.2 Å². The third-order valence-electron chi connectivity index (χ3n) is 5.84. The van der Waals surface area contributed by atoms with E-state index in [0.717, 1.165) is 31.9 Å². The van der Waals surface area contributed by atoms with Gasteiger partial charge in [-0.2, -0.15) is 4.98 Å². The number of aromatic nitrogens is 2. The number of anilines is 1. The first-order valence-corrected chi connectivity index (χ1v) is 9.54. The first-order valence-electron chi connectivity index (χ1n) is 9.54. The molecule has 0 unspecified atom stereocenters. The zero-order valence-corrected chi connectivity index (χ0v) is 15.4. The van der Waals surface area contributed by atoms with Crippen molar-refractivity contribution < 1.29 is 0 Å². The Morgan fingerprint density at radius 2 is 2.23 bits per heavy atom. The van der Waals surface area contributed by atoms with Gasteiger partial charge >= 0.3 is 0 Å². The largest absolute Gasteiger partial charge is 0.337 e. The summed E-state index contributed by atoms with van der Waals surface area (Å²) in [6, 6.07) is 2.75. The third-order valence-corrected chi connectivity index (χ3v) is 5.84. The third kappa shape index (κ3) is 3.43. The summed E-state index contributed by atoms with van der Waals surface area (Å²) in [4.78, 5) is 20.5. The first-order chi connectivity index (χ1) is 12.7. The number of aliphatic imine (C=N–C) groups is 2. The molecule has 4 fully saturated rings. The molecule has 2 aliphatic heterocycles. The molecule has 5 rings (SSSR count). The quantitative estimate of drug-likeness (QED) is 0.306. The van der Waals surface area contributed by atoms with Crippen LogP contribution in [0, 0.1) is 5.41 Å². The van der Waals surface area contributed by atoms with Gasteiger partial charge in [-0.3, -0.25) is 4.99 Å². The van der Waals surface area contributed by atoms with Gasteiger partial charge in [0.2, 0.25) is 5.95 Å². The average Bonchev–Trinajstić information content (AvgIpc) is 3.34. The Morgan fingerprint density at radius 1 is 1.42 bits per heavy atom. The van der Waals surface area contributed by atoms with Crippen molar-refractivity contribution >= 4 is 23.8 Å². The van der Waals surface area contributed by atoms with E-state index in [4.69, 9.17) is 5.84 Å². The van der Waals surface area contributed by atoms with Gasteiger partial charge in [0.25, 0.3) is 0 Å². The highest BCUT2D eigenvalue weighted by atomic mass is 15.3. The Bertz CT molecular complexity index is 688. The van der Waals surface area contributed by atoms with Gasteiger partial charge in [0, 0.05) is 36.8 Å². The predicted octanol–water partition coefficient (Wildman–Crippen LogP) is 1.17. The van der Waals surface area contributed by atoms with Crippen LogP contribution >= 0.6 is 0 Å². The Hall–Kier alpha value is -2.06. The lowest BCUT2D eigenvalue weighted by Crippen LogP contribution is -2.41. The van der Waals surface area contributed by atoms with Crippen LogP contribution in [0.5, 0.6) is 0 Å². The molecule has 0 spiro atoms. The van der Waals surface area contributed by atoms with Crippen molar-refractivity contribution in [2.75, 3.05) is 25.0 Å². The van der Waals surface area contributed by atoms with E-state index in [1.54, 1.807) is 18.5 Å². The number of hydrogen-bond donors (Lipinski definition) is 3. The van der Waals surface area contributed by atoms with Gasteiger partial charge in [0.15, 0.2) is 11.7 Å². The average molecular weight is 356 g/mol. The van der Waals surface area contributed by atoms with E-state index in [2.05, 4.69) is 35.6 Å². The summed E-state index contributed by atoms with van der Waals surface area (Å²) < 4.78 is 0. The molecule has 2 aliphatic carbocycles. The highest BCUT2D eigenvalue weighted by Gasteiger charge is 2.55. The monoisotopic (exact) mass is 356 g/mol. The molecule has 0 atom stereocenters. The van der Waals surface area contributed by atoms with Gasteiger partial charge in [-0.15, -0.1) is 0 Å².